The molecule has 2 N–H and O–H groups in total. The molecule has 0 aromatic carbocycles. The molecule has 4 fully saturated rings. The molecule has 0 spiro atoms. The first-order chi connectivity index (χ1) is 12.0. The maximum Gasteiger partial charge on any atom is 0.135 e. The second-order valence-corrected chi connectivity index (χ2v) is 10.5. The number of rotatable bonds is 1. The summed E-state index contributed by atoms with van der Waals surface area (Å²) in [5.41, 5.74) is -1.54. The molecule has 4 saturated carbocycles. The molecular formula is C22H34O4. The zero-order chi connectivity index (χ0) is 19.1. The number of aliphatic hydroxyl groups is 2. The summed E-state index contributed by atoms with van der Waals surface area (Å²) >= 11 is 0. The van der Waals surface area contributed by atoms with Crippen LogP contribution in [0.15, 0.2) is 0 Å². The second kappa shape index (κ2) is 5.64. The van der Waals surface area contributed by atoms with Gasteiger partial charge in [0.05, 0.1) is 11.7 Å². The van der Waals surface area contributed by atoms with Crippen molar-refractivity contribution in [3.05, 3.63) is 0 Å². The summed E-state index contributed by atoms with van der Waals surface area (Å²) in [5, 5.41) is 22.9. The molecule has 26 heavy (non-hydrogen) atoms. The third kappa shape index (κ3) is 2.15. The van der Waals surface area contributed by atoms with Crippen molar-refractivity contribution < 1.29 is 19.8 Å². The predicted octanol–water partition coefficient (Wildman–Crippen LogP) is 3.14. The largest absolute Gasteiger partial charge is 0.393 e. The fourth-order valence-electron chi connectivity index (χ4n) is 8.25. The molecule has 0 aromatic heterocycles. The number of Topliss-reactive ketones (excluding diaryl/α,β-unsaturated/α-hetero) is 2. The minimum absolute atomic E-state index is 0.0283. The molecule has 4 aliphatic carbocycles. The first-order valence-electron chi connectivity index (χ1n) is 10.5. The summed E-state index contributed by atoms with van der Waals surface area (Å²) in [4.78, 5) is 24.4. The molecule has 0 bridgehead atoms. The van der Waals surface area contributed by atoms with Gasteiger partial charge in [-0.15, -0.1) is 0 Å². The van der Waals surface area contributed by atoms with Gasteiger partial charge in [-0.25, -0.2) is 0 Å². The summed E-state index contributed by atoms with van der Waals surface area (Å²) in [6, 6.07) is 0. The minimum Gasteiger partial charge on any atom is -0.393 e. The maximum absolute atomic E-state index is 12.3. The Balaban J connectivity index is 1.76. The van der Waals surface area contributed by atoms with Crippen molar-refractivity contribution >= 4 is 11.6 Å². The highest BCUT2D eigenvalue weighted by atomic mass is 16.3. The van der Waals surface area contributed by atoms with Gasteiger partial charge in [0.2, 0.25) is 0 Å². The molecule has 0 aromatic rings. The van der Waals surface area contributed by atoms with E-state index in [1.165, 1.54) is 0 Å². The smallest absolute Gasteiger partial charge is 0.135 e. The normalized spacial score (nSPS) is 56.5. The Kier molecular flexibility index (Phi) is 4.03. The van der Waals surface area contributed by atoms with E-state index in [0.717, 1.165) is 19.3 Å². The van der Waals surface area contributed by atoms with Crippen molar-refractivity contribution in [2.75, 3.05) is 0 Å². The van der Waals surface area contributed by atoms with Gasteiger partial charge in [-0.05, 0) is 68.1 Å². The first kappa shape index (κ1) is 18.6. The van der Waals surface area contributed by atoms with Gasteiger partial charge in [-0.1, -0.05) is 20.8 Å². The van der Waals surface area contributed by atoms with Crippen LogP contribution >= 0.6 is 0 Å². The van der Waals surface area contributed by atoms with Crippen LogP contribution in [-0.4, -0.2) is 33.5 Å². The van der Waals surface area contributed by atoms with E-state index in [0.29, 0.717) is 31.1 Å². The fourth-order valence-corrected chi connectivity index (χ4v) is 8.25. The quantitative estimate of drug-likeness (QED) is 0.751. The number of aliphatic hydroxyl groups excluding tert-OH is 1. The fraction of sp³-hybridized carbons (Fsp3) is 0.909. The SMILES string of the molecule is CC(=O)[C@@H]1CC[C@@H]2[C@@H]3C[C@H](C)[C@@]4(O)CC(=O)CC[C@]4(C)[C@@H]3[C@H](O)C[C@@]21C. The van der Waals surface area contributed by atoms with Gasteiger partial charge < -0.3 is 10.2 Å². The van der Waals surface area contributed by atoms with Gasteiger partial charge in [-0.2, -0.15) is 0 Å². The van der Waals surface area contributed by atoms with Gasteiger partial charge in [0.1, 0.15) is 11.6 Å². The third-order valence-electron chi connectivity index (χ3n) is 9.50. The Bertz CT molecular complexity index is 644. The lowest BCUT2D eigenvalue weighted by molar-refractivity contribution is -0.250. The standard InChI is InChI=1S/C22H34O4/c1-12-9-15-17-6-5-16(13(2)23)20(17,3)11-18(25)19(15)21(4)8-7-14(24)10-22(12,21)26/h12,15-19,25-26H,5-11H2,1-4H3/t12-,15-,16-,17+,18+,19-,20+,21+,22-/m0/s1. The molecule has 0 saturated heterocycles. The Hall–Kier alpha value is -0.740. The molecule has 4 nitrogen and oxygen atoms in total. The van der Waals surface area contributed by atoms with Crippen molar-refractivity contribution in [2.24, 2.45) is 40.4 Å². The average Bonchev–Trinajstić information content (AvgIpc) is 2.87. The highest BCUT2D eigenvalue weighted by Crippen LogP contribution is 2.69. The van der Waals surface area contributed by atoms with Crippen molar-refractivity contribution in [1.82, 2.24) is 0 Å². The van der Waals surface area contributed by atoms with E-state index in [1.54, 1.807) is 6.92 Å². The van der Waals surface area contributed by atoms with Gasteiger partial charge in [0.15, 0.2) is 0 Å². The Morgan fingerprint density at radius 1 is 1.23 bits per heavy atom. The molecular weight excluding hydrogens is 328 g/mol. The summed E-state index contributed by atoms with van der Waals surface area (Å²) in [6.07, 6.45) is 4.40. The third-order valence-corrected chi connectivity index (χ3v) is 9.50. The highest BCUT2D eigenvalue weighted by molar-refractivity contribution is 5.81. The number of fused-ring (bicyclic) bond motifs is 5. The number of carbonyl (C=O) groups is 2. The molecule has 4 aliphatic rings. The molecule has 4 heteroatoms. The van der Waals surface area contributed by atoms with E-state index in [2.05, 4.69) is 20.8 Å². The molecule has 0 aliphatic heterocycles. The van der Waals surface area contributed by atoms with Gasteiger partial charge in [0, 0.05) is 24.2 Å². The number of hydrogen-bond acceptors (Lipinski definition) is 4. The molecule has 0 heterocycles. The minimum atomic E-state index is -1.00. The number of ketones is 2. The zero-order valence-electron chi connectivity index (χ0n) is 16.6. The van der Waals surface area contributed by atoms with Crippen LogP contribution in [-0.2, 0) is 9.59 Å². The Morgan fingerprint density at radius 3 is 2.58 bits per heavy atom. The van der Waals surface area contributed by atoms with Crippen LogP contribution in [0.1, 0.15) is 72.6 Å². The molecule has 0 unspecified atom stereocenters. The van der Waals surface area contributed by atoms with Crippen molar-refractivity contribution in [3.8, 4) is 0 Å². The van der Waals surface area contributed by atoms with E-state index < -0.39 is 17.1 Å². The van der Waals surface area contributed by atoms with E-state index >= 15 is 0 Å². The van der Waals surface area contributed by atoms with E-state index in [1.807, 2.05) is 0 Å². The van der Waals surface area contributed by atoms with E-state index in [-0.39, 0.29) is 41.2 Å². The van der Waals surface area contributed by atoms with Crippen LogP contribution in [0.5, 0.6) is 0 Å². The van der Waals surface area contributed by atoms with Crippen LogP contribution in [0.25, 0.3) is 0 Å². The predicted molar refractivity (Wildman–Crippen MR) is 98.3 cm³/mol. The van der Waals surface area contributed by atoms with Crippen LogP contribution in [0.4, 0.5) is 0 Å². The van der Waals surface area contributed by atoms with Crippen molar-refractivity contribution in [3.63, 3.8) is 0 Å². The summed E-state index contributed by atoms with van der Waals surface area (Å²) in [6.45, 7) is 8.13. The van der Waals surface area contributed by atoms with Gasteiger partial charge in [0.25, 0.3) is 0 Å². The van der Waals surface area contributed by atoms with Crippen LogP contribution in [0.3, 0.4) is 0 Å². The van der Waals surface area contributed by atoms with Crippen molar-refractivity contribution in [1.29, 1.82) is 0 Å². The van der Waals surface area contributed by atoms with Gasteiger partial charge >= 0.3 is 0 Å². The van der Waals surface area contributed by atoms with E-state index in [9.17, 15) is 19.8 Å². The molecule has 146 valence electrons. The molecule has 4 rings (SSSR count). The average molecular weight is 363 g/mol. The molecule has 0 amide bonds. The maximum atomic E-state index is 12.3. The first-order valence-corrected chi connectivity index (χ1v) is 10.5. The van der Waals surface area contributed by atoms with Crippen LogP contribution in [0, 0.1) is 40.4 Å². The number of carbonyl (C=O) groups excluding carboxylic acids is 2. The lowest BCUT2D eigenvalue weighted by atomic mass is 9.40. The second-order valence-electron chi connectivity index (χ2n) is 10.5. The van der Waals surface area contributed by atoms with Crippen molar-refractivity contribution in [2.45, 2.75) is 84.3 Å². The zero-order valence-corrected chi connectivity index (χ0v) is 16.6. The Morgan fingerprint density at radius 2 is 1.92 bits per heavy atom. The topological polar surface area (TPSA) is 74.6 Å². The highest BCUT2D eigenvalue weighted by Gasteiger charge is 2.69. The van der Waals surface area contributed by atoms with Crippen LogP contribution in [0.2, 0.25) is 0 Å². The molecule has 9 atom stereocenters. The van der Waals surface area contributed by atoms with Crippen LogP contribution < -0.4 is 0 Å². The lowest BCUT2D eigenvalue weighted by Gasteiger charge is -2.66. The summed E-state index contributed by atoms with van der Waals surface area (Å²) in [5.74, 6) is 1.32. The summed E-state index contributed by atoms with van der Waals surface area (Å²) in [7, 11) is 0. The Labute approximate surface area is 156 Å². The van der Waals surface area contributed by atoms with Gasteiger partial charge in [-0.3, -0.25) is 9.59 Å². The summed E-state index contributed by atoms with van der Waals surface area (Å²) < 4.78 is 0. The molecule has 0 radical (unpaired) electrons. The lowest BCUT2D eigenvalue weighted by Crippen LogP contribution is -2.68. The monoisotopic (exact) mass is 362 g/mol. The number of hydrogen-bond donors (Lipinski definition) is 2. The van der Waals surface area contributed by atoms with E-state index in [4.69, 9.17) is 0 Å².